The van der Waals surface area contributed by atoms with E-state index >= 15 is 0 Å². The minimum absolute atomic E-state index is 0.0391. The van der Waals surface area contributed by atoms with Gasteiger partial charge in [-0.05, 0) is 46.5 Å². The van der Waals surface area contributed by atoms with Gasteiger partial charge >= 0.3 is 0 Å². The fraction of sp³-hybridized carbons (Fsp3) is 0.429. The van der Waals surface area contributed by atoms with Crippen molar-refractivity contribution in [2.24, 2.45) is 11.7 Å². The molecule has 1 fully saturated rings. The number of hydrogen-bond donors (Lipinski definition) is 3. The first kappa shape index (κ1) is 19.6. The molecule has 0 aliphatic heterocycles. The van der Waals surface area contributed by atoms with Gasteiger partial charge in [0.1, 0.15) is 5.65 Å². The maximum absolute atomic E-state index is 12.9. The molecule has 1 saturated carbocycles. The van der Waals surface area contributed by atoms with Crippen LogP contribution in [0.15, 0.2) is 35.1 Å². The molecule has 3 aromatic rings. The van der Waals surface area contributed by atoms with Crippen molar-refractivity contribution in [3.05, 3.63) is 39.9 Å². The molecule has 1 amide bonds. The maximum Gasteiger partial charge on any atom is 0.261 e. The molecule has 1 aliphatic carbocycles. The van der Waals surface area contributed by atoms with Crippen LogP contribution in [-0.2, 0) is 0 Å². The van der Waals surface area contributed by atoms with Crippen molar-refractivity contribution in [2.45, 2.75) is 44.6 Å². The number of hydrogen-bond acceptors (Lipinski definition) is 4. The predicted molar refractivity (Wildman–Crippen MR) is 119 cm³/mol. The number of nitrogens with two attached hydrogens (primary N) is 1. The number of H-pyrrole nitrogens is 1. The van der Waals surface area contributed by atoms with E-state index in [-0.39, 0.29) is 11.9 Å². The molecule has 0 bridgehead atoms. The van der Waals surface area contributed by atoms with E-state index in [0.717, 1.165) is 32.4 Å². The normalized spacial score (nSPS) is 16.4. The number of nitrogens with zero attached hydrogens (tertiary/aromatic N) is 1. The lowest BCUT2D eigenvalue weighted by atomic mass is 9.85. The number of fused-ring (bicyclic) bond motifs is 1. The number of amides is 1. The average Bonchev–Trinajstić information content (AvgIpc) is 3.34. The largest absolute Gasteiger partial charge is 0.347 e. The molecular formula is C21H25BrN4OS. The molecule has 3 heterocycles. The average molecular weight is 461 g/mol. The molecule has 0 radical (unpaired) electrons. The van der Waals surface area contributed by atoms with Crippen LogP contribution in [0.3, 0.4) is 0 Å². The second-order valence-electron chi connectivity index (χ2n) is 7.53. The van der Waals surface area contributed by atoms with Crippen molar-refractivity contribution in [3.63, 3.8) is 0 Å². The van der Waals surface area contributed by atoms with Crippen molar-refractivity contribution in [3.8, 4) is 10.4 Å². The Morgan fingerprint density at radius 1 is 1.36 bits per heavy atom. The molecule has 4 N–H and O–H groups in total. The summed E-state index contributed by atoms with van der Waals surface area (Å²) >= 11 is 5.13. The minimum Gasteiger partial charge on any atom is -0.347 e. The molecule has 7 heteroatoms. The zero-order valence-electron chi connectivity index (χ0n) is 15.7. The predicted octanol–water partition coefficient (Wildman–Crippen LogP) is 5.08. The summed E-state index contributed by atoms with van der Waals surface area (Å²) in [6.45, 7) is 0.482. The molecular weight excluding hydrogens is 436 g/mol. The highest BCUT2D eigenvalue weighted by molar-refractivity contribution is 9.10. The Kier molecular flexibility index (Phi) is 6.13. The Balaban J connectivity index is 1.50. The minimum atomic E-state index is -0.0393. The summed E-state index contributed by atoms with van der Waals surface area (Å²) in [6.07, 6.45) is 11.1. The Hall–Kier alpha value is -1.70. The molecule has 0 spiro atoms. The molecule has 1 aliphatic rings. The summed E-state index contributed by atoms with van der Waals surface area (Å²) in [5.41, 5.74) is 7.88. The first-order valence-corrected chi connectivity index (χ1v) is 11.5. The van der Waals surface area contributed by atoms with Gasteiger partial charge in [0.05, 0.1) is 9.75 Å². The van der Waals surface area contributed by atoms with Gasteiger partial charge in [-0.25, -0.2) is 4.98 Å². The zero-order valence-corrected chi connectivity index (χ0v) is 18.1. The number of aromatic nitrogens is 2. The lowest BCUT2D eigenvalue weighted by Crippen LogP contribution is -2.41. The van der Waals surface area contributed by atoms with E-state index in [1.54, 1.807) is 6.20 Å². The van der Waals surface area contributed by atoms with Gasteiger partial charge < -0.3 is 16.0 Å². The van der Waals surface area contributed by atoms with E-state index < -0.39 is 0 Å². The standard InChI is InChI=1S/C21H25BrN4OS/c22-17-11-18(21(27)26-14(12-23)10-13-4-2-1-3-5-13)28-19(17)15-6-8-24-20-16(15)7-9-25-20/h6-9,11,13-14H,1-5,10,12,23H2,(H,24,25)(H,26,27)/t14-/m1/s1. The first-order valence-electron chi connectivity index (χ1n) is 9.88. The van der Waals surface area contributed by atoms with Crippen molar-refractivity contribution < 1.29 is 4.79 Å². The molecule has 0 unspecified atom stereocenters. The van der Waals surface area contributed by atoms with Crippen molar-refractivity contribution in [1.29, 1.82) is 0 Å². The second kappa shape index (κ2) is 8.76. The Bertz CT molecular complexity index is 960. The van der Waals surface area contributed by atoms with Crippen molar-refractivity contribution in [2.75, 3.05) is 6.54 Å². The van der Waals surface area contributed by atoms with Gasteiger partial charge in [0, 0.05) is 40.4 Å². The molecule has 4 rings (SSSR count). The van der Waals surface area contributed by atoms with Crippen LogP contribution >= 0.6 is 27.3 Å². The lowest BCUT2D eigenvalue weighted by Gasteiger charge is -2.26. The fourth-order valence-corrected chi connectivity index (χ4v) is 5.95. The van der Waals surface area contributed by atoms with E-state index in [2.05, 4.69) is 31.2 Å². The van der Waals surface area contributed by atoms with Crippen LogP contribution in [0.25, 0.3) is 21.5 Å². The SMILES string of the molecule is NC[C@@H](CC1CCCCC1)NC(=O)c1cc(Br)c(-c2ccnc3[nH]ccc23)s1. The molecule has 0 saturated heterocycles. The van der Waals surface area contributed by atoms with Crippen LogP contribution in [0.5, 0.6) is 0 Å². The van der Waals surface area contributed by atoms with Gasteiger partial charge in [-0.2, -0.15) is 0 Å². The topological polar surface area (TPSA) is 83.8 Å². The van der Waals surface area contributed by atoms with E-state index in [1.165, 1.54) is 43.4 Å². The van der Waals surface area contributed by atoms with E-state index in [9.17, 15) is 4.79 Å². The quantitative estimate of drug-likeness (QED) is 0.479. The monoisotopic (exact) mass is 460 g/mol. The van der Waals surface area contributed by atoms with E-state index in [0.29, 0.717) is 17.3 Å². The number of nitrogens with one attached hydrogen (secondary N) is 2. The first-order chi connectivity index (χ1) is 13.7. The maximum atomic E-state index is 12.9. The van der Waals surface area contributed by atoms with Gasteiger partial charge in [0.2, 0.25) is 0 Å². The van der Waals surface area contributed by atoms with Crippen LogP contribution < -0.4 is 11.1 Å². The Morgan fingerprint density at radius 2 is 2.18 bits per heavy atom. The summed E-state index contributed by atoms with van der Waals surface area (Å²) in [5, 5.41) is 4.21. The van der Waals surface area contributed by atoms with Gasteiger partial charge in [-0.15, -0.1) is 11.3 Å². The lowest BCUT2D eigenvalue weighted by molar-refractivity contribution is 0.0934. The Morgan fingerprint density at radius 3 is 2.96 bits per heavy atom. The van der Waals surface area contributed by atoms with Crippen LogP contribution in [-0.4, -0.2) is 28.5 Å². The summed E-state index contributed by atoms with van der Waals surface area (Å²) in [7, 11) is 0. The van der Waals surface area contributed by atoms with E-state index in [1.807, 2.05) is 24.4 Å². The van der Waals surface area contributed by atoms with Gasteiger partial charge in [-0.3, -0.25) is 4.79 Å². The molecule has 0 aromatic carbocycles. The zero-order chi connectivity index (χ0) is 19.5. The molecule has 28 heavy (non-hydrogen) atoms. The van der Waals surface area contributed by atoms with Gasteiger partial charge in [0.15, 0.2) is 0 Å². The summed E-state index contributed by atoms with van der Waals surface area (Å²) < 4.78 is 0.924. The highest BCUT2D eigenvalue weighted by Gasteiger charge is 2.22. The van der Waals surface area contributed by atoms with Gasteiger partial charge in [0.25, 0.3) is 5.91 Å². The number of thiophene rings is 1. The molecule has 5 nitrogen and oxygen atoms in total. The van der Waals surface area contributed by atoms with Crippen molar-refractivity contribution >= 4 is 44.2 Å². The number of carbonyl (C=O) groups excluding carboxylic acids is 1. The molecule has 3 aromatic heterocycles. The fourth-order valence-electron chi connectivity index (χ4n) is 4.12. The van der Waals surface area contributed by atoms with Crippen LogP contribution in [0.4, 0.5) is 0 Å². The third-order valence-electron chi connectivity index (χ3n) is 5.58. The molecule has 1 atom stereocenters. The molecule has 148 valence electrons. The summed E-state index contributed by atoms with van der Waals surface area (Å²) in [5.74, 6) is 0.648. The highest BCUT2D eigenvalue weighted by Crippen LogP contribution is 2.39. The highest BCUT2D eigenvalue weighted by atomic mass is 79.9. The van der Waals surface area contributed by atoms with Crippen LogP contribution in [0, 0.1) is 5.92 Å². The van der Waals surface area contributed by atoms with Crippen LogP contribution in [0.1, 0.15) is 48.2 Å². The van der Waals surface area contributed by atoms with Crippen LogP contribution in [0.2, 0.25) is 0 Å². The number of pyridine rings is 1. The van der Waals surface area contributed by atoms with Crippen molar-refractivity contribution in [1.82, 2.24) is 15.3 Å². The number of rotatable bonds is 6. The summed E-state index contributed by atoms with van der Waals surface area (Å²) in [4.78, 5) is 22.1. The number of aromatic amines is 1. The summed E-state index contributed by atoms with van der Waals surface area (Å²) in [6, 6.07) is 5.94. The second-order valence-corrected chi connectivity index (χ2v) is 9.44. The third-order valence-corrected chi connectivity index (χ3v) is 7.63. The third kappa shape index (κ3) is 4.16. The Labute approximate surface area is 177 Å². The van der Waals surface area contributed by atoms with E-state index in [4.69, 9.17) is 5.73 Å². The number of halogens is 1. The number of carbonyl (C=O) groups is 1. The smallest absolute Gasteiger partial charge is 0.261 e. The van der Waals surface area contributed by atoms with Gasteiger partial charge in [-0.1, -0.05) is 32.1 Å².